The van der Waals surface area contributed by atoms with Gasteiger partial charge in [0.25, 0.3) is 0 Å². The predicted molar refractivity (Wildman–Crippen MR) is 109 cm³/mol. The number of rotatable bonds is 4. The van der Waals surface area contributed by atoms with Crippen LogP contribution in [-0.4, -0.2) is 5.71 Å². The van der Waals surface area contributed by atoms with Crippen LogP contribution in [0, 0.1) is 13.8 Å². The molecule has 0 spiro atoms. The number of aryl methyl sites for hydroxylation is 2. The summed E-state index contributed by atoms with van der Waals surface area (Å²) in [7, 11) is 0. The van der Waals surface area contributed by atoms with Crippen molar-refractivity contribution in [2.75, 3.05) is 0 Å². The van der Waals surface area contributed by atoms with Gasteiger partial charge in [-0.05, 0) is 49.6 Å². The lowest BCUT2D eigenvalue weighted by molar-refractivity contribution is 1.34. The molecule has 0 N–H and O–H groups in total. The SMILES string of the molecule is CC(=Nc1ccc(C)cc1C)/C(=C/c1ccccc1)c1ccccc1. The number of aliphatic imine (C=N–C) groups is 1. The summed E-state index contributed by atoms with van der Waals surface area (Å²) in [6, 6.07) is 27.2. The van der Waals surface area contributed by atoms with Gasteiger partial charge in [-0.15, -0.1) is 0 Å². The minimum atomic E-state index is 1.02. The lowest BCUT2D eigenvalue weighted by Gasteiger charge is -2.10. The van der Waals surface area contributed by atoms with Crippen molar-refractivity contribution in [2.45, 2.75) is 20.8 Å². The van der Waals surface area contributed by atoms with Crippen molar-refractivity contribution in [1.29, 1.82) is 0 Å². The number of hydrogen-bond donors (Lipinski definition) is 0. The quantitative estimate of drug-likeness (QED) is 0.377. The first-order valence-corrected chi connectivity index (χ1v) is 8.58. The summed E-state index contributed by atoms with van der Waals surface area (Å²) in [6.45, 7) is 6.31. The fraction of sp³-hybridized carbons (Fsp3) is 0.125. The normalized spacial score (nSPS) is 12.3. The van der Waals surface area contributed by atoms with E-state index in [1.54, 1.807) is 0 Å². The lowest BCUT2D eigenvalue weighted by atomic mass is 9.99. The molecule has 0 heterocycles. The molecule has 0 bridgehead atoms. The molecule has 0 amide bonds. The molecule has 3 rings (SSSR count). The molecule has 0 aromatic heterocycles. The third-order valence-corrected chi connectivity index (χ3v) is 4.23. The molecule has 0 saturated heterocycles. The van der Waals surface area contributed by atoms with Gasteiger partial charge >= 0.3 is 0 Å². The minimum Gasteiger partial charge on any atom is -0.253 e. The molecule has 0 aliphatic heterocycles. The zero-order valence-electron chi connectivity index (χ0n) is 15.0. The van der Waals surface area contributed by atoms with Crippen LogP contribution in [0.4, 0.5) is 5.69 Å². The van der Waals surface area contributed by atoms with Gasteiger partial charge in [0.1, 0.15) is 0 Å². The molecule has 1 heteroatoms. The van der Waals surface area contributed by atoms with Gasteiger partial charge in [-0.1, -0.05) is 78.4 Å². The Morgan fingerprint density at radius 1 is 0.800 bits per heavy atom. The maximum absolute atomic E-state index is 4.92. The highest BCUT2D eigenvalue weighted by Crippen LogP contribution is 2.25. The van der Waals surface area contributed by atoms with Crippen LogP contribution in [0.5, 0.6) is 0 Å². The summed E-state index contributed by atoms with van der Waals surface area (Å²) in [5.74, 6) is 0. The summed E-state index contributed by atoms with van der Waals surface area (Å²) in [5, 5.41) is 0. The van der Waals surface area contributed by atoms with Gasteiger partial charge in [-0.2, -0.15) is 0 Å². The summed E-state index contributed by atoms with van der Waals surface area (Å²) in [5.41, 5.74) is 8.00. The van der Waals surface area contributed by atoms with Gasteiger partial charge in [0.15, 0.2) is 0 Å². The zero-order valence-corrected chi connectivity index (χ0v) is 15.0. The van der Waals surface area contributed by atoms with Crippen molar-refractivity contribution in [1.82, 2.24) is 0 Å². The first-order chi connectivity index (χ1) is 12.1. The Hall–Kier alpha value is -2.93. The van der Waals surface area contributed by atoms with Crippen LogP contribution in [0.25, 0.3) is 11.6 Å². The second-order valence-corrected chi connectivity index (χ2v) is 6.32. The zero-order chi connectivity index (χ0) is 17.6. The van der Waals surface area contributed by atoms with Crippen LogP contribution in [0.2, 0.25) is 0 Å². The Balaban J connectivity index is 2.08. The Labute approximate surface area is 150 Å². The Kier molecular flexibility index (Phi) is 5.25. The van der Waals surface area contributed by atoms with E-state index in [9.17, 15) is 0 Å². The summed E-state index contributed by atoms with van der Waals surface area (Å²) < 4.78 is 0. The first kappa shape index (κ1) is 16.9. The number of benzene rings is 3. The Morgan fingerprint density at radius 2 is 1.44 bits per heavy atom. The smallest absolute Gasteiger partial charge is 0.0662 e. The molecule has 0 unspecified atom stereocenters. The van der Waals surface area contributed by atoms with Crippen molar-refractivity contribution in [3.63, 3.8) is 0 Å². The second kappa shape index (κ2) is 7.76. The van der Waals surface area contributed by atoms with Gasteiger partial charge < -0.3 is 0 Å². The van der Waals surface area contributed by atoms with Gasteiger partial charge in [-0.3, -0.25) is 4.99 Å². The topological polar surface area (TPSA) is 12.4 Å². The Bertz CT molecular complexity index is 903. The van der Waals surface area contributed by atoms with E-state index in [4.69, 9.17) is 4.99 Å². The molecule has 1 nitrogen and oxygen atoms in total. The molecule has 0 radical (unpaired) electrons. The third-order valence-electron chi connectivity index (χ3n) is 4.23. The highest BCUT2D eigenvalue weighted by Gasteiger charge is 2.07. The van der Waals surface area contributed by atoms with Crippen molar-refractivity contribution < 1.29 is 0 Å². The highest BCUT2D eigenvalue weighted by molar-refractivity contribution is 6.27. The van der Waals surface area contributed by atoms with Crippen LogP contribution >= 0.6 is 0 Å². The molecule has 124 valence electrons. The second-order valence-electron chi connectivity index (χ2n) is 6.32. The first-order valence-electron chi connectivity index (χ1n) is 8.58. The van der Waals surface area contributed by atoms with Crippen LogP contribution in [0.3, 0.4) is 0 Å². The maximum atomic E-state index is 4.92. The van der Waals surface area contributed by atoms with Crippen LogP contribution in [0.15, 0.2) is 83.9 Å². The molecule has 0 atom stereocenters. The fourth-order valence-corrected chi connectivity index (χ4v) is 2.90. The largest absolute Gasteiger partial charge is 0.253 e. The molecule has 3 aromatic carbocycles. The fourth-order valence-electron chi connectivity index (χ4n) is 2.90. The average Bonchev–Trinajstić information content (AvgIpc) is 2.63. The summed E-state index contributed by atoms with van der Waals surface area (Å²) >= 11 is 0. The van der Waals surface area contributed by atoms with Crippen LogP contribution < -0.4 is 0 Å². The minimum absolute atomic E-state index is 1.02. The lowest BCUT2D eigenvalue weighted by Crippen LogP contribution is -1.97. The van der Waals surface area contributed by atoms with E-state index < -0.39 is 0 Å². The van der Waals surface area contributed by atoms with Gasteiger partial charge in [0.05, 0.1) is 5.69 Å². The van der Waals surface area contributed by atoms with Gasteiger partial charge in [-0.25, -0.2) is 0 Å². The van der Waals surface area contributed by atoms with E-state index >= 15 is 0 Å². The molecular weight excluding hydrogens is 302 g/mol. The van der Waals surface area contributed by atoms with E-state index in [0.717, 1.165) is 17.0 Å². The highest BCUT2D eigenvalue weighted by atomic mass is 14.7. The standard InChI is InChI=1S/C24H23N/c1-18-14-15-24(19(2)16-18)25-20(3)23(22-12-8-5-9-13-22)17-21-10-6-4-7-11-21/h4-17H,1-3H3/b23-17-,25-20?. The van der Waals surface area contributed by atoms with Crippen LogP contribution in [-0.2, 0) is 0 Å². The van der Waals surface area contributed by atoms with E-state index in [0.29, 0.717) is 0 Å². The molecule has 25 heavy (non-hydrogen) atoms. The van der Waals surface area contributed by atoms with Crippen LogP contribution in [0.1, 0.15) is 29.2 Å². The van der Waals surface area contributed by atoms with Gasteiger partial charge in [0.2, 0.25) is 0 Å². The monoisotopic (exact) mass is 325 g/mol. The van der Waals surface area contributed by atoms with Crippen molar-refractivity contribution in [3.8, 4) is 0 Å². The summed E-state index contributed by atoms with van der Waals surface area (Å²) in [4.78, 5) is 4.92. The molecule has 0 saturated carbocycles. The molecule has 3 aromatic rings. The molecule has 0 fully saturated rings. The van der Waals surface area contributed by atoms with Crippen molar-refractivity contribution in [3.05, 3.63) is 101 Å². The third kappa shape index (κ3) is 4.33. The average molecular weight is 325 g/mol. The Morgan fingerprint density at radius 3 is 2.08 bits per heavy atom. The van der Waals surface area contributed by atoms with Gasteiger partial charge in [0, 0.05) is 11.3 Å². The molecular formula is C24H23N. The molecule has 0 aliphatic rings. The van der Waals surface area contributed by atoms with E-state index in [1.165, 1.54) is 22.3 Å². The van der Waals surface area contributed by atoms with E-state index in [1.807, 2.05) is 12.1 Å². The number of nitrogens with zero attached hydrogens (tertiary/aromatic N) is 1. The van der Waals surface area contributed by atoms with Crippen molar-refractivity contribution in [2.24, 2.45) is 4.99 Å². The predicted octanol–water partition coefficient (Wildman–Crippen LogP) is 6.64. The molecule has 0 aliphatic carbocycles. The number of allylic oxidation sites excluding steroid dienone is 1. The maximum Gasteiger partial charge on any atom is 0.0662 e. The van der Waals surface area contributed by atoms with E-state index in [2.05, 4.69) is 93.6 Å². The summed E-state index contributed by atoms with van der Waals surface area (Å²) in [6.07, 6.45) is 2.21. The van der Waals surface area contributed by atoms with E-state index in [-0.39, 0.29) is 0 Å². The number of hydrogen-bond acceptors (Lipinski definition) is 1. The van der Waals surface area contributed by atoms with Crippen molar-refractivity contribution >= 4 is 23.0 Å².